The molecule has 0 spiro atoms. The van der Waals surface area contributed by atoms with Crippen molar-refractivity contribution in [3.05, 3.63) is 35.9 Å². The van der Waals surface area contributed by atoms with Crippen LogP contribution in [0.5, 0.6) is 0 Å². The van der Waals surface area contributed by atoms with Gasteiger partial charge >= 0.3 is 0 Å². The van der Waals surface area contributed by atoms with Crippen molar-refractivity contribution in [2.24, 2.45) is 0 Å². The molecule has 0 nitrogen and oxygen atoms in total. The van der Waals surface area contributed by atoms with Gasteiger partial charge in [-0.1, -0.05) is 44.2 Å². The fourth-order valence-electron chi connectivity index (χ4n) is 1.45. The van der Waals surface area contributed by atoms with Crippen molar-refractivity contribution >= 4 is 10.2 Å². The molecule has 1 heteroatoms. The Balaban J connectivity index is 2.95. The van der Waals surface area contributed by atoms with Gasteiger partial charge in [-0.05, 0) is 23.4 Å². The van der Waals surface area contributed by atoms with Crippen molar-refractivity contribution in [3.8, 4) is 0 Å². The Labute approximate surface area is 78.4 Å². The molecule has 0 aliphatic carbocycles. The van der Waals surface area contributed by atoms with E-state index in [-0.39, 0.29) is 0 Å². The van der Waals surface area contributed by atoms with Crippen molar-refractivity contribution in [1.82, 2.24) is 0 Å². The predicted octanol–water partition coefficient (Wildman–Crippen LogP) is 2.33. The van der Waals surface area contributed by atoms with Crippen LogP contribution in [0.3, 0.4) is 0 Å². The quantitative estimate of drug-likeness (QED) is 0.622. The summed E-state index contributed by atoms with van der Waals surface area (Å²) in [4.78, 5) is 0. The van der Waals surface area contributed by atoms with Crippen LogP contribution in [0.4, 0.5) is 0 Å². The first-order chi connectivity index (χ1) is 5.73. The Bertz CT molecular complexity index is 224. The van der Waals surface area contributed by atoms with E-state index < -0.39 is 0 Å². The Hall–Kier alpha value is -0.563. The summed E-state index contributed by atoms with van der Waals surface area (Å²) in [5.41, 5.74) is 1.48. The maximum atomic E-state index is 2.27. The Morgan fingerprint density at radius 1 is 1.08 bits per heavy atom. The molecule has 0 saturated carbocycles. The van der Waals surface area contributed by atoms with Crippen LogP contribution in [0.15, 0.2) is 30.3 Å². The van der Waals surface area contributed by atoms with Gasteiger partial charge in [-0.25, -0.2) is 0 Å². The van der Waals surface area contributed by atoms with Crippen molar-refractivity contribution in [1.29, 1.82) is 0 Å². The summed E-state index contributed by atoms with van der Waals surface area (Å²) in [6, 6.07) is 10.8. The van der Waals surface area contributed by atoms with E-state index in [0.717, 1.165) is 0 Å². The van der Waals surface area contributed by atoms with Gasteiger partial charge in [0.25, 0.3) is 0 Å². The Kier molecular flexibility index (Phi) is 3.10. The van der Waals surface area contributed by atoms with E-state index in [9.17, 15) is 0 Å². The van der Waals surface area contributed by atoms with Crippen LogP contribution < -0.4 is 0 Å². The molecule has 65 valence electrons. The molecule has 0 atom stereocenters. The highest BCUT2D eigenvalue weighted by Gasteiger charge is 2.21. The van der Waals surface area contributed by atoms with E-state index in [1.165, 1.54) is 18.4 Å². The molecule has 1 radical (unpaired) electrons. The molecular formula is C11H17Si. The standard InChI is InChI=1S/C11H17Si/c1-3-11(12,4-2)10-8-6-5-7-9-10/h5-9H,3-4,12H2,1-2H3. The van der Waals surface area contributed by atoms with E-state index in [2.05, 4.69) is 54.4 Å². The summed E-state index contributed by atoms with van der Waals surface area (Å²) in [6.45, 7) is 4.53. The topological polar surface area (TPSA) is 0 Å². The monoisotopic (exact) mass is 177 g/mol. The molecule has 0 aliphatic heterocycles. The maximum Gasteiger partial charge on any atom is 0.0221 e. The third-order valence-electron chi connectivity index (χ3n) is 2.74. The first-order valence-corrected chi connectivity index (χ1v) is 5.34. The fourth-order valence-corrected chi connectivity index (χ4v) is 1.69. The second-order valence-electron chi connectivity index (χ2n) is 3.35. The Morgan fingerprint density at radius 3 is 2.00 bits per heavy atom. The number of rotatable bonds is 3. The zero-order valence-electron chi connectivity index (χ0n) is 8.01. The minimum atomic E-state index is 0.404. The molecular weight excluding hydrogens is 160 g/mol. The van der Waals surface area contributed by atoms with Crippen LogP contribution in [-0.4, -0.2) is 10.2 Å². The smallest absolute Gasteiger partial charge is 0.0221 e. The van der Waals surface area contributed by atoms with Gasteiger partial charge in [0.2, 0.25) is 0 Å². The molecule has 0 bridgehead atoms. The summed E-state index contributed by atoms with van der Waals surface area (Å²) in [5, 5.41) is 0.404. The van der Waals surface area contributed by atoms with Crippen LogP contribution in [0.1, 0.15) is 32.3 Å². The van der Waals surface area contributed by atoms with Crippen molar-refractivity contribution in [3.63, 3.8) is 0 Å². The van der Waals surface area contributed by atoms with E-state index in [0.29, 0.717) is 5.04 Å². The van der Waals surface area contributed by atoms with Crippen LogP contribution in [0.2, 0.25) is 0 Å². The number of hydrogen-bond donors (Lipinski definition) is 0. The molecule has 0 saturated heterocycles. The highest BCUT2D eigenvalue weighted by molar-refractivity contribution is 6.15. The summed E-state index contributed by atoms with van der Waals surface area (Å²) < 4.78 is 0. The molecule has 0 amide bonds. The zero-order chi connectivity index (χ0) is 9.03. The maximum absolute atomic E-state index is 2.27. The van der Waals surface area contributed by atoms with Gasteiger partial charge in [-0.3, -0.25) is 0 Å². The second-order valence-corrected chi connectivity index (χ2v) is 4.71. The van der Waals surface area contributed by atoms with Gasteiger partial charge in [-0.2, -0.15) is 0 Å². The normalized spacial score (nSPS) is 11.6. The lowest BCUT2D eigenvalue weighted by molar-refractivity contribution is 0.565. The predicted molar refractivity (Wildman–Crippen MR) is 57.2 cm³/mol. The first-order valence-electron chi connectivity index (χ1n) is 4.64. The summed E-state index contributed by atoms with van der Waals surface area (Å²) in [7, 11) is 2.12. The lowest BCUT2D eigenvalue weighted by Crippen LogP contribution is -2.24. The van der Waals surface area contributed by atoms with Gasteiger partial charge in [0, 0.05) is 10.2 Å². The second kappa shape index (κ2) is 3.90. The molecule has 0 unspecified atom stereocenters. The summed E-state index contributed by atoms with van der Waals surface area (Å²) in [6.07, 6.45) is 2.46. The third kappa shape index (κ3) is 1.78. The fraction of sp³-hybridized carbons (Fsp3) is 0.455. The van der Waals surface area contributed by atoms with Gasteiger partial charge in [0.05, 0.1) is 0 Å². The van der Waals surface area contributed by atoms with E-state index in [1.54, 1.807) is 0 Å². The minimum absolute atomic E-state index is 0.404. The average Bonchev–Trinajstić information content (AvgIpc) is 2.18. The average molecular weight is 177 g/mol. The highest BCUT2D eigenvalue weighted by atomic mass is 28.1. The molecule has 0 N–H and O–H groups in total. The number of hydrogen-bond acceptors (Lipinski definition) is 0. The van der Waals surface area contributed by atoms with Crippen LogP contribution in [-0.2, 0) is 5.04 Å². The lowest BCUT2D eigenvalue weighted by atomic mass is 9.92. The van der Waals surface area contributed by atoms with Gasteiger partial charge in [0.15, 0.2) is 0 Å². The zero-order valence-corrected chi connectivity index (χ0v) is 9.42. The van der Waals surface area contributed by atoms with E-state index >= 15 is 0 Å². The van der Waals surface area contributed by atoms with Crippen LogP contribution in [0.25, 0.3) is 0 Å². The lowest BCUT2D eigenvalue weighted by Gasteiger charge is -2.27. The number of benzene rings is 1. The SMILES string of the molecule is CCC([SiH2])(CC)c1ccccc1. The molecule has 0 aliphatic rings. The van der Waals surface area contributed by atoms with Gasteiger partial charge in [-0.15, -0.1) is 0 Å². The molecule has 1 aromatic rings. The van der Waals surface area contributed by atoms with Gasteiger partial charge < -0.3 is 0 Å². The largest absolute Gasteiger partial charge is 0.0648 e. The third-order valence-corrected chi connectivity index (χ3v) is 4.15. The minimum Gasteiger partial charge on any atom is -0.0648 e. The molecule has 0 aromatic heterocycles. The molecule has 1 rings (SSSR count). The molecule has 12 heavy (non-hydrogen) atoms. The molecule has 1 aromatic carbocycles. The van der Waals surface area contributed by atoms with Gasteiger partial charge in [0.1, 0.15) is 0 Å². The summed E-state index contributed by atoms with van der Waals surface area (Å²) >= 11 is 0. The van der Waals surface area contributed by atoms with Crippen LogP contribution in [0, 0.1) is 0 Å². The van der Waals surface area contributed by atoms with Crippen molar-refractivity contribution in [2.75, 3.05) is 0 Å². The van der Waals surface area contributed by atoms with E-state index in [4.69, 9.17) is 0 Å². The van der Waals surface area contributed by atoms with Crippen molar-refractivity contribution in [2.45, 2.75) is 31.7 Å². The van der Waals surface area contributed by atoms with Crippen LogP contribution >= 0.6 is 0 Å². The highest BCUT2D eigenvalue weighted by Crippen LogP contribution is 2.27. The first kappa shape index (κ1) is 9.52. The van der Waals surface area contributed by atoms with E-state index in [1.807, 2.05) is 0 Å². The van der Waals surface area contributed by atoms with Crippen molar-refractivity contribution < 1.29 is 0 Å². The Morgan fingerprint density at radius 2 is 1.58 bits per heavy atom. The summed E-state index contributed by atoms with van der Waals surface area (Å²) in [5.74, 6) is 0. The molecule has 0 heterocycles. The molecule has 0 fully saturated rings.